The number of hydrogen-bond donors (Lipinski definition) is 1. The van der Waals surface area contributed by atoms with Crippen LogP contribution in [0.2, 0.25) is 0 Å². The molecule has 0 aliphatic heterocycles. The molecule has 1 heterocycles. The smallest absolute Gasteiger partial charge is 0.305 e. The van der Waals surface area contributed by atoms with Crippen molar-refractivity contribution < 1.29 is 9.53 Å². The van der Waals surface area contributed by atoms with Gasteiger partial charge in [-0.15, -0.1) is 11.3 Å². The number of rotatable bonds is 4. The van der Waals surface area contributed by atoms with Crippen molar-refractivity contribution in [2.75, 3.05) is 12.8 Å². The first-order valence-electron chi connectivity index (χ1n) is 5.57. The fraction of sp³-hybridized carbons (Fsp3) is 0.231. The number of para-hydroxylation sites is 1. The molecule has 4 nitrogen and oxygen atoms in total. The zero-order valence-corrected chi connectivity index (χ0v) is 10.9. The Kier molecular flexibility index (Phi) is 3.94. The van der Waals surface area contributed by atoms with Crippen LogP contribution < -0.4 is 5.73 Å². The van der Waals surface area contributed by atoms with Crippen LogP contribution in [-0.4, -0.2) is 18.1 Å². The minimum atomic E-state index is -0.219. The van der Waals surface area contributed by atoms with Gasteiger partial charge in [0, 0.05) is 23.1 Å². The molecule has 18 heavy (non-hydrogen) atoms. The molecule has 0 aliphatic rings. The van der Waals surface area contributed by atoms with Gasteiger partial charge in [0.15, 0.2) is 0 Å². The number of hydrogen-bond acceptors (Lipinski definition) is 5. The number of anilines is 1. The van der Waals surface area contributed by atoms with Gasteiger partial charge in [-0.05, 0) is 12.1 Å². The molecule has 0 bridgehead atoms. The third-order valence-corrected chi connectivity index (χ3v) is 3.48. The number of esters is 1. The van der Waals surface area contributed by atoms with Crippen LogP contribution >= 0.6 is 11.3 Å². The summed E-state index contributed by atoms with van der Waals surface area (Å²) < 4.78 is 4.60. The van der Waals surface area contributed by atoms with E-state index >= 15 is 0 Å². The molecule has 5 heteroatoms. The molecule has 0 unspecified atom stereocenters. The summed E-state index contributed by atoms with van der Waals surface area (Å²) in [4.78, 5) is 15.5. The Morgan fingerprint density at radius 3 is 2.94 bits per heavy atom. The van der Waals surface area contributed by atoms with Gasteiger partial charge in [0.1, 0.15) is 5.01 Å². The lowest BCUT2D eigenvalue weighted by atomic mass is 10.2. The van der Waals surface area contributed by atoms with Crippen LogP contribution in [0.3, 0.4) is 0 Å². The Balaban J connectivity index is 2.11. The zero-order valence-electron chi connectivity index (χ0n) is 10.1. The fourth-order valence-electron chi connectivity index (χ4n) is 1.57. The van der Waals surface area contributed by atoms with E-state index in [1.54, 1.807) is 0 Å². The van der Waals surface area contributed by atoms with Gasteiger partial charge in [-0.3, -0.25) is 4.79 Å². The third kappa shape index (κ3) is 2.87. The molecule has 0 atom stereocenters. The first-order chi connectivity index (χ1) is 8.70. The van der Waals surface area contributed by atoms with E-state index in [0.29, 0.717) is 18.5 Å². The lowest BCUT2D eigenvalue weighted by Gasteiger charge is -2.00. The number of aryl methyl sites for hydroxylation is 1. The van der Waals surface area contributed by atoms with Crippen molar-refractivity contribution >= 4 is 23.0 Å². The number of carbonyl (C=O) groups excluding carboxylic acids is 1. The quantitative estimate of drug-likeness (QED) is 0.679. The first kappa shape index (κ1) is 12.6. The zero-order chi connectivity index (χ0) is 13.0. The van der Waals surface area contributed by atoms with Crippen molar-refractivity contribution in [2.45, 2.75) is 12.8 Å². The second-order valence-electron chi connectivity index (χ2n) is 3.81. The van der Waals surface area contributed by atoms with E-state index in [0.717, 1.165) is 16.3 Å². The van der Waals surface area contributed by atoms with Gasteiger partial charge in [-0.1, -0.05) is 12.1 Å². The maximum Gasteiger partial charge on any atom is 0.305 e. The largest absolute Gasteiger partial charge is 0.469 e. The monoisotopic (exact) mass is 262 g/mol. The first-order valence-corrected chi connectivity index (χ1v) is 6.44. The number of aromatic nitrogens is 1. The topological polar surface area (TPSA) is 65.2 Å². The summed E-state index contributed by atoms with van der Waals surface area (Å²) in [5.41, 5.74) is 8.44. The Morgan fingerprint density at radius 2 is 2.22 bits per heavy atom. The maximum absolute atomic E-state index is 11.0. The van der Waals surface area contributed by atoms with Gasteiger partial charge in [0.2, 0.25) is 0 Å². The van der Waals surface area contributed by atoms with E-state index in [2.05, 4.69) is 9.72 Å². The van der Waals surface area contributed by atoms with Crippen LogP contribution in [0.5, 0.6) is 0 Å². The van der Waals surface area contributed by atoms with E-state index in [-0.39, 0.29) is 5.97 Å². The van der Waals surface area contributed by atoms with Crippen LogP contribution in [0, 0.1) is 0 Å². The molecule has 1 aromatic carbocycles. The molecule has 0 aliphatic carbocycles. The van der Waals surface area contributed by atoms with Crippen molar-refractivity contribution in [1.82, 2.24) is 4.98 Å². The van der Waals surface area contributed by atoms with Crippen molar-refractivity contribution in [3.63, 3.8) is 0 Å². The Bertz CT molecular complexity index is 551. The van der Waals surface area contributed by atoms with Crippen LogP contribution in [-0.2, 0) is 16.0 Å². The number of thiazole rings is 1. The average Bonchev–Trinajstić information content (AvgIpc) is 2.85. The predicted octanol–water partition coefficient (Wildman–Crippen LogP) is 2.50. The molecule has 0 spiro atoms. The number of ether oxygens (including phenoxy) is 1. The number of benzene rings is 1. The highest BCUT2D eigenvalue weighted by molar-refractivity contribution is 7.13. The minimum Gasteiger partial charge on any atom is -0.469 e. The summed E-state index contributed by atoms with van der Waals surface area (Å²) in [5, 5.41) is 2.83. The number of nitrogens with two attached hydrogens (primary N) is 1. The Hall–Kier alpha value is -1.88. The molecule has 0 saturated heterocycles. The second-order valence-corrected chi connectivity index (χ2v) is 4.67. The molecular weight excluding hydrogens is 248 g/mol. The van der Waals surface area contributed by atoms with Crippen molar-refractivity contribution in [2.24, 2.45) is 0 Å². The molecule has 1 aromatic heterocycles. The van der Waals surface area contributed by atoms with Gasteiger partial charge in [-0.25, -0.2) is 4.98 Å². The van der Waals surface area contributed by atoms with Crippen molar-refractivity contribution in [3.05, 3.63) is 35.3 Å². The normalized spacial score (nSPS) is 10.3. The second kappa shape index (κ2) is 5.64. The van der Waals surface area contributed by atoms with E-state index in [4.69, 9.17) is 5.73 Å². The van der Waals surface area contributed by atoms with E-state index in [1.807, 2.05) is 29.6 Å². The number of carbonyl (C=O) groups is 1. The minimum absolute atomic E-state index is 0.219. The number of nitrogens with zero attached hydrogens (tertiary/aromatic N) is 1. The van der Waals surface area contributed by atoms with Gasteiger partial charge in [0.25, 0.3) is 0 Å². The molecule has 0 fully saturated rings. The molecule has 0 amide bonds. The van der Waals surface area contributed by atoms with Gasteiger partial charge in [0.05, 0.1) is 19.2 Å². The Morgan fingerprint density at radius 1 is 1.44 bits per heavy atom. The summed E-state index contributed by atoms with van der Waals surface area (Å²) in [5.74, 6) is -0.219. The molecule has 2 N–H and O–H groups in total. The highest BCUT2D eigenvalue weighted by Gasteiger charge is 2.09. The third-order valence-electron chi connectivity index (χ3n) is 2.56. The van der Waals surface area contributed by atoms with Crippen LogP contribution in [0.4, 0.5) is 5.69 Å². The average molecular weight is 262 g/mol. The van der Waals surface area contributed by atoms with Gasteiger partial charge >= 0.3 is 5.97 Å². The summed E-state index contributed by atoms with van der Waals surface area (Å²) >= 11 is 1.53. The summed E-state index contributed by atoms with van der Waals surface area (Å²) in [6.45, 7) is 0. The SMILES string of the molecule is COC(=O)CCc1csc(-c2ccccc2N)n1. The van der Waals surface area contributed by atoms with Crippen LogP contribution in [0.15, 0.2) is 29.6 Å². The van der Waals surface area contributed by atoms with Gasteiger partial charge in [-0.2, -0.15) is 0 Å². The summed E-state index contributed by atoms with van der Waals surface area (Å²) in [7, 11) is 1.39. The van der Waals surface area contributed by atoms with Crippen LogP contribution in [0.25, 0.3) is 10.6 Å². The number of methoxy groups -OCH3 is 1. The van der Waals surface area contributed by atoms with Crippen molar-refractivity contribution in [3.8, 4) is 10.6 Å². The lowest BCUT2D eigenvalue weighted by molar-refractivity contribution is -0.140. The molecule has 0 radical (unpaired) electrons. The Labute approximate surface area is 109 Å². The summed E-state index contributed by atoms with van der Waals surface area (Å²) in [6, 6.07) is 7.62. The van der Waals surface area contributed by atoms with Crippen molar-refractivity contribution in [1.29, 1.82) is 0 Å². The standard InChI is InChI=1S/C13H14N2O2S/c1-17-12(16)7-6-9-8-18-13(15-9)10-4-2-3-5-11(10)14/h2-5,8H,6-7,14H2,1H3. The fourth-order valence-corrected chi connectivity index (χ4v) is 2.47. The molecule has 2 aromatic rings. The van der Waals surface area contributed by atoms with E-state index in [1.165, 1.54) is 18.4 Å². The van der Waals surface area contributed by atoms with E-state index in [9.17, 15) is 4.79 Å². The molecule has 0 saturated carbocycles. The van der Waals surface area contributed by atoms with E-state index < -0.39 is 0 Å². The summed E-state index contributed by atoms with van der Waals surface area (Å²) in [6.07, 6.45) is 0.944. The van der Waals surface area contributed by atoms with Gasteiger partial charge < -0.3 is 10.5 Å². The molecule has 94 valence electrons. The maximum atomic E-state index is 11.0. The lowest BCUT2D eigenvalue weighted by Crippen LogP contribution is -2.02. The predicted molar refractivity (Wildman–Crippen MR) is 72.3 cm³/mol. The number of nitrogen functional groups attached to an aromatic ring is 1. The molecular formula is C13H14N2O2S. The highest BCUT2D eigenvalue weighted by Crippen LogP contribution is 2.28. The van der Waals surface area contributed by atoms with Crippen LogP contribution in [0.1, 0.15) is 12.1 Å². The molecule has 2 rings (SSSR count). The highest BCUT2D eigenvalue weighted by atomic mass is 32.1.